The van der Waals surface area contributed by atoms with Crippen molar-refractivity contribution < 1.29 is 17.6 Å². The van der Waals surface area contributed by atoms with Crippen molar-refractivity contribution in [2.75, 3.05) is 10.8 Å². The Hall–Kier alpha value is -1.93. The average Bonchev–Trinajstić information content (AvgIpc) is 3.01. The lowest BCUT2D eigenvalue weighted by atomic mass is 10.0. The van der Waals surface area contributed by atoms with Crippen molar-refractivity contribution in [2.45, 2.75) is 30.5 Å². The molecule has 8 heteroatoms. The molecule has 0 saturated carbocycles. The van der Waals surface area contributed by atoms with Crippen LogP contribution in [-0.2, 0) is 27.8 Å². The van der Waals surface area contributed by atoms with E-state index in [0.717, 1.165) is 16.2 Å². The van der Waals surface area contributed by atoms with Crippen LogP contribution in [0.15, 0.2) is 34.5 Å². The average molecular weight is 368 g/mol. The normalized spacial score (nSPS) is 14.3. The van der Waals surface area contributed by atoms with E-state index in [4.69, 9.17) is 0 Å². The first kappa shape index (κ1) is 16.9. The second-order valence-electron chi connectivity index (χ2n) is 5.58. The SMILES string of the molecule is CC(=O)NCc1ccc(S(=O)(=O)N2CCCc3cc(F)ccc32)s1. The van der Waals surface area contributed by atoms with Crippen molar-refractivity contribution in [3.05, 3.63) is 46.6 Å². The second-order valence-corrected chi connectivity index (χ2v) is 8.84. The maximum Gasteiger partial charge on any atom is 0.273 e. The molecule has 5 nitrogen and oxygen atoms in total. The largest absolute Gasteiger partial charge is 0.351 e. The van der Waals surface area contributed by atoms with E-state index in [-0.39, 0.29) is 15.9 Å². The minimum Gasteiger partial charge on any atom is -0.351 e. The van der Waals surface area contributed by atoms with Gasteiger partial charge in [0.25, 0.3) is 10.0 Å². The van der Waals surface area contributed by atoms with Gasteiger partial charge in [0.1, 0.15) is 10.0 Å². The molecule has 0 spiro atoms. The molecule has 2 heterocycles. The highest BCUT2D eigenvalue weighted by molar-refractivity contribution is 7.94. The summed E-state index contributed by atoms with van der Waals surface area (Å²) in [5.41, 5.74) is 1.25. The molecule has 128 valence electrons. The van der Waals surface area contributed by atoms with Gasteiger partial charge in [-0.05, 0) is 48.7 Å². The number of rotatable bonds is 4. The van der Waals surface area contributed by atoms with Crippen molar-refractivity contribution >= 4 is 33.0 Å². The van der Waals surface area contributed by atoms with E-state index in [1.165, 1.54) is 29.4 Å². The van der Waals surface area contributed by atoms with Gasteiger partial charge in [0.15, 0.2) is 0 Å². The van der Waals surface area contributed by atoms with Crippen molar-refractivity contribution in [1.29, 1.82) is 0 Å². The lowest BCUT2D eigenvalue weighted by Gasteiger charge is -2.30. The van der Waals surface area contributed by atoms with Gasteiger partial charge in [0, 0.05) is 18.3 Å². The van der Waals surface area contributed by atoms with Crippen LogP contribution < -0.4 is 9.62 Å². The zero-order chi connectivity index (χ0) is 17.3. The molecular formula is C16H17FN2O3S2. The molecule has 0 bridgehead atoms. The van der Waals surface area contributed by atoms with Gasteiger partial charge in [-0.15, -0.1) is 11.3 Å². The Morgan fingerprint density at radius 3 is 2.88 bits per heavy atom. The van der Waals surface area contributed by atoms with Crippen LogP contribution in [0.1, 0.15) is 23.8 Å². The molecular weight excluding hydrogens is 351 g/mol. The fourth-order valence-electron chi connectivity index (χ4n) is 2.69. The van der Waals surface area contributed by atoms with Gasteiger partial charge in [0.2, 0.25) is 5.91 Å². The van der Waals surface area contributed by atoms with Gasteiger partial charge in [-0.1, -0.05) is 0 Å². The predicted molar refractivity (Wildman–Crippen MR) is 91.1 cm³/mol. The van der Waals surface area contributed by atoms with Gasteiger partial charge < -0.3 is 5.32 Å². The van der Waals surface area contributed by atoms with Crippen molar-refractivity contribution in [3.63, 3.8) is 0 Å². The van der Waals surface area contributed by atoms with Gasteiger partial charge >= 0.3 is 0 Å². The fourth-order valence-corrected chi connectivity index (χ4v) is 5.64. The molecule has 1 aromatic carbocycles. The zero-order valence-electron chi connectivity index (χ0n) is 13.1. The molecule has 1 aromatic heterocycles. The molecule has 1 amide bonds. The summed E-state index contributed by atoms with van der Waals surface area (Å²) in [5, 5.41) is 2.65. The summed E-state index contributed by atoms with van der Waals surface area (Å²) in [4.78, 5) is 11.7. The van der Waals surface area contributed by atoms with Gasteiger partial charge in [-0.25, -0.2) is 12.8 Å². The number of hydrogen-bond donors (Lipinski definition) is 1. The quantitative estimate of drug-likeness (QED) is 0.902. The van der Waals surface area contributed by atoms with Crippen molar-refractivity contribution in [1.82, 2.24) is 5.32 Å². The highest BCUT2D eigenvalue weighted by Crippen LogP contribution is 2.34. The number of thiophene rings is 1. The molecule has 1 aliphatic heterocycles. The number of aryl methyl sites for hydroxylation is 1. The molecule has 1 aliphatic rings. The minimum absolute atomic E-state index is 0.167. The molecule has 0 radical (unpaired) electrons. The highest BCUT2D eigenvalue weighted by Gasteiger charge is 2.30. The monoisotopic (exact) mass is 368 g/mol. The Morgan fingerprint density at radius 1 is 1.33 bits per heavy atom. The topological polar surface area (TPSA) is 66.5 Å². The molecule has 0 unspecified atom stereocenters. The zero-order valence-corrected chi connectivity index (χ0v) is 14.7. The van der Waals surface area contributed by atoms with Crippen LogP contribution >= 0.6 is 11.3 Å². The molecule has 0 saturated heterocycles. The van der Waals surface area contributed by atoms with Crippen molar-refractivity contribution in [3.8, 4) is 0 Å². The number of halogens is 1. The Labute approximate surface area is 144 Å². The van der Waals surface area contributed by atoms with Crippen molar-refractivity contribution in [2.24, 2.45) is 0 Å². The molecule has 2 aromatic rings. The third-order valence-electron chi connectivity index (χ3n) is 3.81. The maximum atomic E-state index is 13.4. The first-order chi connectivity index (χ1) is 11.4. The number of nitrogens with one attached hydrogen (secondary N) is 1. The molecule has 3 rings (SSSR count). The number of sulfonamides is 1. The number of nitrogens with zero attached hydrogens (tertiary/aromatic N) is 1. The van der Waals surface area contributed by atoms with Crippen LogP contribution in [0.3, 0.4) is 0 Å². The summed E-state index contributed by atoms with van der Waals surface area (Å²) >= 11 is 1.13. The number of amides is 1. The standard InChI is InChI=1S/C16H17FN2O3S2/c1-11(20)18-10-14-5-7-16(23-14)24(21,22)19-8-2-3-12-9-13(17)4-6-15(12)19/h4-7,9H,2-3,8,10H2,1H3,(H,18,20). The van der Waals surface area contributed by atoms with Crippen LogP contribution in [0.5, 0.6) is 0 Å². The van der Waals surface area contributed by atoms with Gasteiger partial charge in [-0.3, -0.25) is 9.10 Å². The predicted octanol–water partition coefficient (Wildman–Crippen LogP) is 2.66. The van der Waals surface area contributed by atoms with Gasteiger partial charge in [-0.2, -0.15) is 0 Å². The lowest BCUT2D eigenvalue weighted by Crippen LogP contribution is -2.35. The van der Waals surface area contributed by atoms with Crippen LogP contribution in [0.4, 0.5) is 10.1 Å². The summed E-state index contributed by atoms with van der Waals surface area (Å²) < 4.78 is 40.8. The van der Waals surface area contributed by atoms with E-state index in [9.17, 15) is 17.6 Å². The maximum absolute atomic E-state index is 13.4. The number of fused-ring (bicyclic) bond motifs is 1. The molecule has 0 aliphatic carbocycles. The third-order valence-corrected chi connectivity index (χ3v) is 7.18. The summed E-state index contributed by atoms with van der Waals surface area (Å²) in [6, 6.07) is 7.45. The van der Waals surface area contributed by atoms with E-state index >= 15 is 0 Å². The first-order valence-electron chi connectivity index (χ1n) is 7.52. The van der Waals surface area contributed by atoms with Crippen LogP contribution in [-0.4, -0.2) is 20.9 Å². The first-order valence-corrected chi connectivity index (χ1v) is 9.78. The number of carbonyl (C=O) groups excluding carboxylic acids is 1. The number of hydrogen-bond acceptors (Lipinski definition) is 4. The molecule has 0 atom stereocenters. The molecule has 1 N–H and O–H groups in total. The van der Waals surface area contributed by atoms with E-state index in [1.54, 1.807) is 12.1 Å². The summed E-state index contributed by atoms with van der Waals surface area (Å²) in [5.74, 6) is -0.526. The second kappa shape index (κ2) is 6.52. The Balaban J connectivity index is 1.91. The van der Waals surface area contributed by atoms with Crippen LogP contribution in [0, 0.1) is 5.82 Å². The Bertz CT molecular complexity index is 877. The Kier molecular flexibility index (Phi) is 4.60. The fraction of sp³-hybridized carbons (Fsp3) is 0.312. The third kappa shape index (κ3) is 3.29. The Morgan fingerprint density at radius 2 is 2.12 bits per heavy atom. The van der Waals surface area contributed by atoms with Crippen LogP contribution in [0.2, 0.25) is 0 Å². The van der Waals surface area contributed by atoms with E-state index in [2.05, 4.69) is 5.32 Å². The molecule has 0 fully saturated rings. The number of benzene rings is 1. The number of anilines is 1. The van der Waals surface area contributed by atoms with Gasteiger partial charge in [0.05, 0.1) is 12.2 Å². The van der Waals surface area contributed by atoms with E-state index < -0.39 is 10.0 Å². The summed E-state index contributed by atoms with van der Waals surface area (Å²) in [7, 11) is -3.69. The minimum atomic E-state index is -3.69. The molecule has 24 heavy (non-hydrogen) atoms. The smallest absolute Gasteiger partial charge is 0.273 e. The lowest BCUT2D eigenvalue weighted by molar-refractivity contribution is -0.119. The summed E-state index contributed by atoms with van der Waals surface area (Å²) in [6.07, 6.45) is 1.32. The van der Waals surface area contributed by atoms with E-state index in [1.807, 2.05) is 0 Å². The number of carbonyl (C=O) groups is 1. The van der Waals surface area contributed by atoms with E-state index in [0.29, 0.717) is 37.2 Å². The van der Waals surface area contributed by atoms with Crippen LogP contribution in [0.25, 0.3) is 0 Å². The summed E-state index contributed by atoms with van der Waals surface area (Å²) in [6.45, 7) is 2.09. The highest BCUT2D eigenvalue weighted by atomic mass is 32.2.